The van der Waals surface area contributed by atoms with E-state index in [4.69, 9.17) is 18.9 Å². The maximum atomic E-state index is 15.0. The van der Waals surface area contributed by atoms with Crippen molar-refractivity contribution >= 4 is 47.5 Å². The molecule has 88 heavy (non-hydrogen) atoms. The predicted octanol–water partition coefficient (Wildman–Crippen LogP) is 8.19. The van der Waals surface area contributed by atoms with E-state index in [1.54, 1.807) is 55.4 Å². The van der Waals surface area contributed by atoms with Gasteiger partial charge >= 0.3 is 36.2 Å². The molecule has 26 heteroatoms. The van der Waals surface area contributed by atoms with Crippen molar-refractivity contribution in [3.05, 3.63) is 107 Å². The summed E-state index contributed by atoms with van der Waals surface area (Å²) in [5.41, 5.74) is 1.60. The molecule has 2 aromatic heterocycles. The molecule has 0 unspecified atom stereocenters. The molecule has 1 saturated heterocycles. The average Bonchev–Trinajstić information content (AvgIpc) is 3.36. The van der Waals surface area contributed by atoms with Crippen molar-refractivity contribution in [3.8, 4) is 0 Å². The maximum absolute atomic E-state index is 15.0. The van der Waals surface area contributed by atoms with E-state index in [-0.39, 0.29) is 75.3 Å². The van der Waals surface area contributed by atoms with E-state index >= 15 is 9.59 Å². The first kappa shape index (κ1) is 71.0. The van der Waals surface area contributed by atoms with Crippen LogP contribution < -0.4 is 0 Å². The van der Waals surface area contributed by atoms with Crippen molar-refractivity contribution in [1.82, 2.24) is 38.7 Å². The number of ether oxygens (including phenoxy) is 4. The highest BCUT2D eigenvalue weighted by molar-refractivity contribution is 5.94. The Morgan fingerprint density at radius 2 is 0.659 bits per heavy atom. The number of halogens is 6. The first-order valence-corrected chi connectivity index (χ1v) is 29.2. The van der Waals surface area contributed by atoms with E-state index in [1.165, 1.54) is 103 Å². The van der Waals surface area contributed by atoms with Gasteiger partial charge in [0.15, 0.2) is 24.4 Å². The summed E-state index contributed by atoms with van der Waals surface area (Å²) in [4.78, 5) is 128. The summed E-state index contributed by atoms with van der Waals surface area (Å²) >= 11 is 0. The van der Waals surface area contributed by atoms with Gasteiger partial charge in [0, 0.05) is 78.9 Å². The van der Waals surface area contributed by atoms with E-state index in [0.29, 0.717) is 22.3 Å². The fraction of sp³-hybridized carbons (Fsp3) is 0.581. The zero-order valence-corrected chi connectivity index (χ0v) is 52.3. The standard InChI is InChI=1S/C62H82F6N8O12/c1-35(2)27-45-55(81)85-39(9)51(77)71(11)48(30-38(7)8)58(84)88-50(32-42-17-21-44(22-18-42)34-76-26-24-70-60(76)62(66,67)68)54(80)74(14)46(28-36(3)4)56(82)86-40(10)52(78)72(12)47(29-37(5)6)57(83)87-49(53(79)73(45)13)31-41-15-19-43(20-16-41)33-75-25-23-69-59(75)61(63,64)65/h15-26,35-40,45-50H,27-34H2,1-14H3/t39-,40-,45+,46+,47+,48+,49-,50-/m1/s1. The molecule has 20 nitrogen and oxygen atoms in total. The van der Waals surface area contributed by atoms with Crippen molar-refractivity contribution in [3.63, 3.8) is 0 Å². The van der Waals surface area contributed by atoms with E-state index in [2.05, 4.69) is 9.97 Å². The highest BCUT2D eigenvalue weighted by Crippen LogP contribution is 2.31. The third-order valence-electron chi connectivity index (χ3n) is 15.0. The summed E-state index contributed by atoms with van der Waals surface area (Å²) in [6, 6.07) is 6.49. The minimum Gasteiger partial charge on any atom is -0.451 e. The second kappa shape index (κ2) is 30.4. The van der Waals surface area contributed by atoms with Crippen LogP contribution in [0.4, 0.5) is 26.3 Å². The summed E-state index contributed by atoms with van der Waals surface area (Å²) in [6.07, 6.45) is -12.6. The van der Waals surface area contributed by atoms with Crippen LogP contribution in [0.3, 0.4) is 0 Å². The van der Waals surface area contributed by atoms with Crippen LogP contribution in [0.1, 0.15) is 129 Å². The quantitative estimate of drug-likeness (QED) is 0.0586. The smallest absolute Gasteiger partial charge is 0.449 e. The molecule has 4 amide bonds. The zero-order valence-electron chi connectivity index (χ0n) is 52.3. The Morgan fingerprint density at radius 3 is 0.920 bits per heavy atom. The lowest BCUT2D eigenvalue weighted by Crippen LogP contribution is -2.55. The fourth-order valence-corrected chi connectivity index (χ4v) is 10.2. The number of imidazole rings is 2. The normalized spacial score (nSPS) is 22.6. The maximum Gasteiger partial charge on any atom is 0.449 e. The number of cyclic esters (lactones) is 4. The number of likely N-dealkylation sites (N-methyl/N-ethyl adjacent to an activating group) is 4. The Balaban J connectivity index is 1.59. The van der Waals surface area contributed by atoms with Gasteiger partial charge in [0.2, 0.25) is 11.6 Å². The monoisotopic (exact) mass is 1240 g/mol. The number of aromatic nitrogens is 4. The molecular weight excluding hydrogens is 1160 g/mol. The SMILES string of the molecule is CC(C)C[C@H]1C(=O)O[C@H](Cc2ccc(Cn3ccnc3C(F)(F)F)cc2)C(=O)N(C)[C@@H](CC(C)C)C(=O)O[C@H](C)C(=O)N(C)[C@@H](CC(C)C)C(=O)O[C@H](Cc2ccc(Cn3ccnc3C(F)(F)F)cc2)C(=O)N(C)[C@@H](CC(C)C)C(=O)O[C@H](C)C(=O)N1C. The number of hydrogen-bond donors (Lipinski definition) is 0. The van der Waals surface area contributed by atoms with Gasteiger partial charge < -0.3 is 47.7 Å². The summed E-state index contributed by atoms with van der Waals surface area (Å²) in [7, 11) is 5.12. The lowest BCUT2D eigenvalue weighted by molar-refractivity contribution is -0.176. The van der Waals surface area contributed by atoms with Gasteiger partial charge in [-0.2, -0.15) is 26.3 Å². The highest BCUT2D eigenvalue weighted by atomic mass is 19.4. The van der Waals surface area contributed by atoms with Crippen LogP contribution >= 0.6 is 0 Å². The molecule has 2 aromatic carbocycles. The molecule has 1 aliphatic rings. The number of hydrogen-bond acceptors (Lipinski definition) is 14. The van der Waals surface area contributed by atoms with Crippen LogP contribution in [0.15, 0.2) is 73.3 Å². The van der Waals surface area contributed by atoms with Gasteiger partial charge in [-0.05, 0) is 85.5 Å². The first-order valence-electron chi connectivity index (χ1n) is 29.2. The van der Waals surface area contributed by atoms with Crippen molar-refractivity contribution in [2.75, 3.05) is 28.2 Å². The molecule has 5 rings (SSSR count). The molecule has 0 spiro atoms. The Bertz CT molecular complexity index is 2830. The first-order chi connectivity index (χ1) is 41.0. The van der Waals surface area contributed by atoms with Gasteiger partial charge in [-0.1, -0.05) is 104 Å². The fourth-order valence-electron chi connectivity index (χ4n) is 10.2. The lowest BCUT2D eigenvalue weighted by atomic mass is 9.99. The second-order valence-corrected chi connectivity index (χ2v) is 24.2. The second-order valence-electron chi connectivity index (χ2n) is 24.2. The summed E-state index contributed by atoms with van der Waals surface area (Å²) in [5, 5.41) is 0. The van der Waals surface area contributed by atoms with Gasteiger partial charge in [-0.25, -0.2) is 29.1 Å². The number of esters is 4. The number of rotatable bonds is 16. The lowest BCUT2D eigenvalue weighted by Gasteiger charge is -2.35. The third kappa shape index (κ3) is 19.1. The molecule has 1 aliphatic heterocycles. The van der Waals surface area contributed by atoms with Crippen LogP contribution in [0.25, 0.3) is 0 Å². The van der Waals surface area contributed by atoms with Gasteiger partial charge in [-0.3, -0.25) is 19.2 Å². The molecule has 0 N–H and O–H groups in total. The van der Waals surface area contributed by atoms with Gasteiger partial charge in [-0.15, -0.1) is 0 Å². The zero-order chi connectivity index (χ0) is 65.9. The molecule has 0 aliphatic carbocycles. The van der Waals surface area contributed by atoms with Crippen molar-refractivity contribution in [1.29, 1.82) is 0 Å². The van der Waals surface area contributed by atoms with Gasteiger partial charge in [0.05, 0.1) is 0 Å². The number of carbonyl (C=O) groups is 8. The number of amides is 4. The van der Waals surface area contributed by atoms with Crippen LogP contribution in [-0.2, 0) is 95.6 Å². The molecular formula is C62H82F6N8O12. The Labute approximate surface area is 509 Å². The van der Waals surface area contributed by atoms with E-state index in [0.717, 1.165) is 41.1 Å². The number of benzene rings is 2. The largest absolute Gasteiger partial charge is 0.451 e. The minimum absolute atomic E-state index is 0.0400. The minimum atomic E-state index is -4.73. The van der Waals surface area contributed by atoms with Crippen molar-refractivity contribution in [2.24, 2.45) is 23.7 Å². The van der Waals surface area contributed by atoms with E-state index < -0.39 is 120 Å². The van der Waals surface area contributed by atoms with Crippen molar-refractivity contribution < 1.29 is 83.6 Å². The molecule has 8 atom stereocenters. The topological polar surface area (TPSA) is 222 Å². The van der Waals surface area contributed by atoms with Crippen LogP contribution in [0.5, 0.6) is 0 Å². The molecule has 3 heterocycles. The Kier molecular flexibility index (Phi) is 24.5. The van der Waals surface area contributed by atoms with Crippen LogP contribution in [0, 0.1) is 23.7 Å². The third-order valence-corrected chi connectivity index (χ3v) is 15.0. The molecule has 1 fully saturated rings. The molecule has 0 saturated carbocycles. The number of alkyl halides is 6. The Hall–Kier alpha value is -7.80. The summed E-state index contributed by atoms with van der Waals surface area (Å²) in [5.74, 6) is -11.2. The summed E-state index contributed by atoms with van der Waals surface area (Å²) in [6.45, 7) is 16.2. The molecule has 4 aromatic rings. The Morgan fingerprint density at radius 1 is 0.409 bits per heavy atom. The van der Waals surface area contributed by atoms with Crippen LogP contribution in [-0.4, -0.2) is 163 Å². The predicted molar refractivity (Wildman–Crippen MR) is 308 cm³/mol. The van der Waals surface area contributed by atoms with E-state index in [1.807, 2.05) is 0 Å². The average molecular weight is 1250 g/mol. The molecule has 0 radical (unpaired) electrons. The van der Waals surface area contributed by atoms with Crippen LogP contribution in [0.2, 0.25) is 0 Å². The van der Waals surface area contributed by atoms with E-state index in [9.17, 15) is 55.1 Å². The molecule has 484 valence electrons. The van der Waals surface area contributed by atoms with Crippen molar-refractivity contribution in [2.45, 2.75) is 182 Å². The highest BCUT2D eigenvalue weighted by Gasteiger charge is 2.44. The van der Waals surface area contributed by atoms with Gasteiger partial charge in [0.25, 0.3) is 23.6 Å². The summed E-state index contributed by atoms with van der Waals surface area (Å²) < 4.78 is 108. The molecule has 0 bridgehead atoms. The van der Waals surface area contributed by atoms with Gasteiger partial charge in [0.1, 0.15) is 24.2 Å². The number of carbonyl (C=O) groups excluding carboxylic acids is 8. The number of nitrogens with zero attached hydrogens (tertiary/aromatic N) is 8.